The average molecular weight is 281 g/mol. The van der Waals surface area contributed by atoms with Gasteiger partial charge in [-0.25, -0.2) is 0 Å². The third-order valence-corrected chi connectivity index (χ3v) is 4.39. The van der Waals surface area contributed by atoms with E-state index in [1.54, 1.807) is 0 Å². The highest BCUT2D eigenvalue weighted by Crippen LogP contribution is 2.21. The van der Waals surface area contributed by atoms with Gasteiger partial charge in [-0.1, -0.05) is 43.5 Å². The molecule has 2 nitrogen and oxygen atoms in total. The van der Waals surface area contributed by atoms with Crippen LogP contribution in [0, 0.1) is 0 Å². The van der Waals surface area contributed by atoms with Crippen molar-refractivity contribution >= 4 is 17.3 Å². The number of anilines is 1. The molecule has 0 bridgehead atoms. The molecule has 19 heavy (non-hydrogen) atoms. The number of hydrogen-bond donors (Lipinski definition) is 1. The van der Waals surface area contributed by atoms with Crippen LogP contribution in [0.5, 0.6) is 0 Å². The minimum Gasteiger partial charge on any atom is -0.383 e. The summed E-state index contributed by atoms with van der Waals surface area (Å²) in [6, 6.07) is 8.74. The van der Waals surface area contributed by atoms with Gasteiger partial charge in [0, 0.05) is 19.1 Å². The molecular formula is C16H25ClN2. The highest BCUT2D eigenvalue weighted by atomic mass is 35.5. The van der Waals surface area contributed by atoms with E-state index in [-0.39, 0.29) is 0 Å². The van der Waals surface area contributed by atoms with Gasteiger partial charge in [0.15, 0.2) is 0 Å². The van der Waals surface area contributed by atoms with Gasteiger partial charge in [-0.2, -0.15) is 0 Å². The second-order valence-electron chi connectivity index (χ2n) is 5.35. The third kappa shape index (κ3) is 4.39. The number of para-hydroxylation sites is 1. The molecule has 3 heteroatoms. The van der Waals surface area contributed by atoms with E-state index in [0.717, 1.165) is 29.8 Å². The number of hydrogen-bond acceptors (Lipinski definition) is 2. The third-order valence-electron chi connectivity index (χ3n) is 4.06. The van der Waals surface area contributed by atoms with E-state index in [1.165, 1.54) is 38.6 Å². The molecule has 1 N–H and O–H groups in total. The van der Waals surface area contributed by atoms with Crippen molar-refractivity contribution < 1.29 is 0 Å². The van der Waals surface area contributed by atoms with Crippen LogP contribution in [0.2, 0.25) is 5.02 Å². The van der Waals surface area contributed by atoms with Crippen LogP contribution < -0.4 is 5.32 Å². The highest BCUT2D eigenvalue weighted by Gasteiger charge is 2.18. The molecule has 1 aromatic rings. The maximum Gasteiger partial charge on any atom is 0.0637 e. The second-order valence-corrected chi connectivity index (χ2v) is 5.76. The van der Waals surface area contributed by atoms with Gasteiger partial charge in [0.1, 0.15) is 0 Å². The van der Waals surface area contributed by atoms with E-state index in [1.807, 2.05) is 24.3 Å². The van der Waals surface area contributed by atoms with Crippen molar-refractivity contribution in [3.05, 3.63) is 29.3 Å². The molecule has 1 heterocycles. The summed E-state index contributed by atoms with van der Waals surface area (Å²) in [4.78, 5) is 2.65. The molecule has 0 spiro atoms. The van der Waals surface area contributed by atoms with E-state index in [9.17, 15) is 0 Å². The van der Waals surface area contributed by atoms with Gasteiger partial charge in [0.05, 0.1) is 10.7 Å². The minimum atomic E-state index is 0.774. The summed E-state index contributed by atoms with van der Waals surface area (Å²) < 4.78 is 0. The van der Waals surface area contributed by atoms with Crippen molar-refractivity contribution in [2.45, 2.75) is 45.1 Å². The monoisotopic (exact) mass is 280 g/mol. The molecule has 106 valence electrons. The standard InChI is InChI=1S/C16H25ClN2/c1-2-14-8-4-3-7-12-19(14)13-11-18-16-10-6-5-9-15(16)17/h5-6,9-10,14,18H,2-4,7-8,11-13H2,1H3. The zero-order valence-electron chi connectivity index (χ0n) is 11.9. The molecule has 1 aliphatic heterocycles. The van der Waals surface area contributed by atoms with Gasteiger partial charge in [0.2, 0.25) is 0 Å². The Labute approximate surface area is 122 Å². The van der Waals surface area contributed by atoms with Gasteiger partial charge in [-0.3, -0.25) is 4.90 Å². The summed E-state index contributed by atoms with van der Waals surface area (Å²) in [6.07, 6.45) is 6.77. The topological polar surface area (TPSA) is 15.3 Å². The summed E-state index contributed by atoms with van der Waals surface area (Å²) in [5.74, 6) is 0. The van der Waals surface area contributed by atoms with Crippen molar-refractivity contribution in [1.82, 2.24) is 4.90 Å². The smallest absolute Gasteiger partial charge is 0.0637 e. The predicted octanol–water partition coefficient (Wildman–Crippen LogP) is 4.41. The molecule has 1 fully saturated rings. The van der Waals surface area contributed by atoms with Gasteiger partial charge in [-0.15, -0.1) is 0 Å². The molecule has 2 rings (SSSR count). The number of benzene rings is 1. The van der Waals surface area contributed by atoms with Crippen LogP contribution in [0.25, 0.3) is 0 Å². The van der Waals surface area contributed by atoms with Crippen molar-refractivity contribution in [2.24, 2.45) is 0 Å². The molecule has 1 saturated heterocycles. The second kappa shape index (κ2) is 7.76. The first-order valence-electron chi connectivity index (χ1n) is 7.53. The molecule has 0 saturated carbocycles. The molecular weight excluding hydrogens is 256 g/mol. The Morgan fingerprint density at radius 3 is 2.89 bits per heavy atom. The van der Waals surface area contributed by atoms with E-state index in [0.29, 0.717) is 0 Å². The number of nitrogens with zero attached hydrogens (tertiary/aromatic N) is 1. The fourth-order valence-corrected chi connectivity index (χ4v) is 3.13. The Bertz CT molecular complexity index is 381. The largest absolute Gasteiger partial charge is 0.383 e. The molecule has 1 aliphatic rings. The highest BCUT2D eigenvalue weighted by molar-refractivity contribution is 6.33. The molecule has 0 amide bonds. The lowest BCUT2D eigenvalue weighted by Gasteiger charge is -2.29. The van der Waals surface area contributed by atoms with Crippen molar-refractivity contribution in [3.63, 3.8) is 0 Å². The first-order chi connectivity index (χ1) is 9.31. The molecule has 1 unspecified atom stereocenters. The first-order valence-corrected chi connectivity index (χ1v) is 7.91. The minimum absolute atomic E-state index is 0.774. The Morgan fingerprint density at radius 2 is 2.11 bits per heavy atom. The van der Waals surface area contributed by atoms with Crippen LogP contribution in [0.3, 0.4) is 0 Å². The lowest BCUT2D eigenvalue weighted by molar-refractivity contribution is 0.202. The Kier molecular flexibility index (Phi) is 5.99. The molecule has 0 aromatic heterocycles. The van der Waals surface area contributed by atoms with Crippen LogP contribution in [0.4, 0.5) is 5.69 Å². The quantitative estimate of drug-likeness (QED) is 0.860. The Balaban J connectivity index is 1.82. The van der Waals surface area contributed by atoms with E-state index >= 15 is 0 Å². The number of likely N-dealkylation sites (tertiary alicyclic amines) is 1. The lowest BCUT2D eigenvalue weighted by Crippen LogP contribution is -2.37. The summed E-state index contributed by atoms with van der Waals surface area (Å²) in [5, 5.41) is 4.26. The van der Waals surface area contributed by atoms with Gasteiger partial charge in [-0.05, 0) is 37.9 Å². The van der Waals surface area contributed by atoms with Crippen LogP contribution in [-0.2, 0) is 0 Å². The zero-order chi connectivity index (χ0) is 13.5. The maximum absolute atomic E-state index is 6.15. The van der Waals surface area contributed by atoms with Crippen molar-refractivity contribution in [2.75, 3.05) is 25.0 Å². The van der Waals surface area contributed by atoms with Crippen LogP contribution in [0.1, 0.15) is 39.0 Å². The lowest BCUT2D eigenvalue weighted by atomic mass is 10.1. The maximum atomic E-state index is 6.15. The SMILES string of the molecule is CCC1CCCCCN1CCNc1ccccc1Cl. The van der Waals surface area contributed by atoms with Crippen LogP contribution >= 0.6 is 11.6 Å². The first kappa shape index (κ1) is 14.7. The molecule has 0 radical (unpaired) electrons. The van der Waals surface area contributed by atoms with E-state index in [2.05, 4.69) is 17.1 Å². The van der Waals surface area contributed by atoms with Gasteiger partial charge >= 0.3 is 0 Å². The van der Waals surface area contributed by atoms with Gasteiger partial charge < -0.3 is 5.32 Å². The zero-order valence-corrected chi connectivity index (χ0v) is 12.6. The average Bonchev–Trinajstić information content (AvgIpc) is 2.66. The summed E-state index contributed by atoms with van der Waals surface area (Å²) >= 11 is 6.15. The van der Waals surface area contributed by atoms with Crippen molar-refractivity contribution in [1.29, 1.82) is 0 Å². The molecule has 0 aliphatic carbocycles. The Hall–Kier alpha value is -0.730. The normalized spacial score (nSPS) is 21.1. The summed E-state index contributed by atoms with van der Waals surface area (Å²) in [5.41, 5.74) is 1.05. The predicted molar refractivity (Wildman–Crippen MR) is 84.1 cm³/mol. The molecule has 1 atom stereocenters. The fraction of sp³-hybridized carbons (Fsp3) is 0.625. The number of rotatable bonds is 5. The van der Waals surface area contributed by atoms with Gasteiger partial charge in [0.25, 0.3) is 0 Å². The summed E-state index contributed by atoms with van der Waals surface area (Å²) in [7, 11) is 0. The van der Waals surface area contributed by atoms with Crippen LogP contribution in [-0.4, -0.2) is 30.6 Å². The van der Waals surface area contributed by atoms with Crippen LogP contribution in [0.15, 0.2) is 24.3 Å². The van der Waals surface area contributed by atoms with E-state index < -0.39 is 0 Å². The van der Waals surface area contributed by atoms with Crippen molar-refractivity contribution in [3.8, 4) is 0 Å². The Morgan fingerprint density at radius 1 is 1.26 bits per heavy atom. The number of nitrogens with one attached hydrogen (secondary N) is 1. The molecule has 1 aromatic carbocycles. The van der Waals surface area contributed by atoms with E-state index in [4.69, 9.17) is 11.6 Å². The summed E-state index contributed by atoms with van der Waals surface area (Å²) in [6.45, 7) is 5.65. The number of halogens is 1. The fourth-order valence-electron chi connectivity index (χ4n) is 2.93.